The van der Waals surface area contributed by atoms with Crippen molar-refractivity contribution in [3.8, 4) is 5.75 Å². The number of ether oxygens (including phenoxy) is 1. The molecule has 0 spiro atoms. The van der Waals surface area contributed by atoms with Gasteiger partial charge in [-0.1, -0.05) is 41.9 Å². The Kier molecular flexibility index (Phi) is 5.43. The van der Waals surface area contributed by atoms with Crippen LogP contribution in [0.3, 0.4) is 0 Å². The number of nitrogens with one attached hydrogen (secondary N) is 2. The topological polar surface area (TPSA) is 93.4 Å². The summed E-state index contributed by atoms with van der Waals surface area (Å²) in [6, 6.07) is 12.3. The van der Waals surface area contributed by atoms with Crippen molar-refractivity contribution in [3.05, 3.63) is 59.1 Å². The number of carbonyl (C=O) groups excluding carboxylic acids is 2. The molecule has 4 N–H and O–H groups in total. The molecule has 2 rings (SSSR count). The summed E-state index contributed by atoms with van der Waals surface area (Å²) in [5.74, 6) is -0.0364. The lowest BCUT2D eigenvalue weighted by Gasteiger charge is -2.19. The van der Waals surface area contributed by atoms with Crippen molar-refractivity contribution in [3.63, 3.8) is 0 Å². The van der Waals surface area contributed by atoms with E-state index in [2.05, 4.69) is 10.6 Å². The number of nitrogens with two attached hydrogens (primary N) is 1. The van der Waals surface area contributed by atoms with Gasteiger partial charge in [0, 0.05) is 5.69 Å². The number of hydrogen-bond donors (Lipinski definition) is 3. The molecule has 0 radical (unpaired) electrons. The van der Waals surface area contributed by atoms with Crippen LogP contribution in [0, 0.1) is 0 Å². The summed E-state index contributed by atoms with van der Waals surface area (Å²) in [6.07, 6.45) is 0. The monoisotopic (exact) mass is 333 g/mol. The highest BCUT2D eigenvalue weighted by Crippen LogP contribution is 2.29. The Labute approximate surface area is 138 Å². The van der Waals surface area contributed by atoms with Gasteiger partial charge in [0.15, 0.2) is 0 Å². The lowest BCUT2D eigenvalue weighted by Crippen LogP contribution is -2.40. The Hall–Kier alpha value is -2.73. The molecule has 2 aromatic carbocycles. The lowest BCUT2D eigenvalue weighted by atomic mass is 10.1. The third-order valence-electron chi connectivity index (χ3n) is 3.10. The number of halogens is 1. The first-order valence-electron chi connectivity index (χ1n) is 6.76. The van der Waals surface area contributed by atoms with Crippen molar-refractivity contribution in [2.24, 2.45) is 5.73 Å². The highest BCUT2D eigenvalue weighted by molar-refractivity contribution is 6.32. The van der Waals surface area contributed by atoms with Gasteiger partial charge in [0.1, 0.15) is 11.8 Å². The van der Waals surface area contributed by atoms with E-state index >= 15 is 0 Å². The molecule has 0 aliphatic heterocycles. The van der Waals surface area contributed by atoms with Crippen molar-refractivity contribution in [1.29, 1.82) is 0 Å². The zero-order chi connectivity index (χ0) is 16.8. The second kappa shape index (κ2) is 7.51. The van der Waals surface area contributed by atoms with Crippen LogP contribution in [0.5, 0.6) is 5.75 Å². The molecular weight excluding hydrogens is 318 g/mol. The van der Waals surface area contributed by atoms with Gasteiger partial charge in [0.05, 0.1) is 12.1 Å². The van der Waals surface area contributed by atoms with Gasteiger partial charge in [-0.15, -0.1) is 0 Å². The fourth-order valence-corrected chi connectivity index (χ4v) is 2.32. The highest BCUT2D eigenvalue weighted by atomic mass is 35.5. The summed E-state index contributed by atoms with van der Waals surface area (Å²) < 4.78 is 5.09. The first-order chi connectivity index (χ1) is 11.0. The molecule has 7 heteroatoms. The number of rotatable bonds is 5. The standard InChI is InChI=1S/C16H16ClN3O3/c1-23-13-8-7-11(9-12(13)17)19-14(15(21)20-16(18)22)10-5-3-2-4-6-10/h2-9,14,19H,1H3,(H3,18,20,21,22)/t14-/m0/s1. The van der Waals surface area contributed by atoms with E-state index < -0.39 is 18.0 Å². The van der Waals surface area contributed by atoms with Crippen molar-refractivity contribution in [1.82, 2.24) is 5.32 Å². The molecule has 0 aromatic heterocycles. The summed E-state index contributed by atoms with van der Waals surface area (Å²) in [5.41, 5.74) is 6.31. The average molecular weight is 334 g/mol. The number of imide groups is 1. The number of hydrogen-bond acceptors (Lipinski definition) is 4. The maximum Gasteiger partial charge on any atom is 0.318 e. The molecule has 0 saturated carbocycles. The first-order valence-corrected chi connectivity index (χ1v) is 7.14. The molecule has 0 unspecified atom stereocenters. The Morgan fingerprint density at radius 2 is 1.87 bits per heavy atom. The van der Waals surface area contributed by atoms with Crippen LogP contribution < -0.4 is 21.1 Å². The normalized spacial score (nSPS) is 11.4. The van der Waals surface area contributed by atoms with E-state index in [-0.39, 0.29) is 0 Å². The number of primary amides is 1. The van der Waals surface area contributed by atoms with Gasteiger partial charge in [-0.05, 0) is 23.8 Å². The fraction of sp³-hybridized carbons (Fsp3) is 0.125. The van der Waals surface area contributed by atoms with Crippen molar-refractivity contribution in [2.75, 3.05) is 12.4 Å². The molecule has 6 nitrogen and oxygen atoms in total. The number of urea groups is 1. The minimum absolute atomic E-state index is 0.402. The maximum absolute atomic E-state index is 12.2. The minimum Gasteiger partial charge on any atom is -0.495 e. The van der Waals surface area contributed by atoms with E-state index in [0.29, 0.717) is 22.0 Å². The van der Waals surface area contributed by atoms with Gasteiger partial charge in [0.2, 0.25) is 0 Å². The van der Waals surface area contributed by atoms with Crippen molar-refractivity contribution >= 4 is 29.2 Å². The van der Waals surface area contributed by atoms with Crippen LogP contribution in [-0.4, -0.2) is 19.0 Å². The zero-order valence-electron chi connectivity index (χ0n) is 12.4. The van der Waals surface area contributed by atoms with E-state index in [4.69, 9.17) is 22.1 Å². The number of anilines is 1. The Balaban J connectivity index is 2.29. The zero-order valence-corrected chi connectivity index (χ0v) is 13.1. The predicted molar refractivity (Wildman–Crippen MR) is 88.5 cm³/mol. The molecule has 0 aliphatic rings. The molecule has 0 aliphatic carbocycles. The van der Waals surface area contributed by atoms with Gasteiger partial charge in [0.25, 0.3) is 5.91 Å². The number of benzene rings is 2. The van der Waals surface area contributed by atoms with Crippen LogP contribution in [0.15, 0.2) is 48.5 Å². The Bertz CT molecular complexity index is 707. The third-order valence-corrected chi connectivity index (χ3v) is 3.40. The van der Waals surface area contributed by atoms with E-state index in [0.717, 1.165) is 0 Å². The Morgan fingerprint density at radius 3 is 2.43 bits per heavy atom. The van der Waals surface area contributed by atoms with E-state index in [1.165, 1.54) is 7.11 Å². The highest BCUT2D eigenvalue weighted by Gasteiger charge is 2.21. The smallest absolute Gasteiger partial charge is 0.318 e. The van der Waals surface area contributed by atoms with Gasteiger partial charge in [-0.3, -0.25) is 10.1 Å². The molecule has 0 bridgehead atoms. The third kappa shape index (κ3) is 4.37. The summed E-state index contributed by atoms with van der Waals surface area (Å²) in [7, 11) is 1.52. The van der Waals surface area contributed by atoms with Gasteiger partial charge in [-0.25, -0.2) is 4.79 Å². The van der Waals surface area contributed by atoms with Crippen LogP contribution in [0.2, 0.25) is 5.02 Å². The molecule has 0 heterocycles. The number of amides is 3. The van der Waals surface area contributed by atoms with Crippen LogP contribution in [-0.2, 0) is 4.79 Å². The fourth-order valence-electron chi connectivity index (χ4n) is 2.06. The first kappa shape index (κ1) is 16.6. The van der Waals surface area contributed by atoms with Crippen LogP contribution in [0.4, 0.5) is 10.5 Å². The summed E-state index contributed by atoms with van der Waals surface area (Å²) in [5, 5.41) is 5.51. The van der Waals surface area contributed by atoms with Gasteiger partial charge in [-0.2, -0.15) is 0 Å². The summed E-state index contributed by atoms with van der Waals surface area (Å²) in [4.78, 5) is 23.2. The van der Waals surface area contributed by atoms with Gasteiger partial charge < -0.3 is 15.8 Å². The maximum atomic E-state index is 12.2. The Morgan fingerprint density at radius 1 is 1.17 bits per heavy atom. The van der Waals surface area contributed by atoms with Crippen molar-refractivity contribution in [2.45, 2.75) is 6.04 Å². The second-order valence-corrected chi connectivity index (χ2v) is 5.10. The van der Waals surface area contributed by atoms with Crippen molar-refractivity contribution < 1.29 is 14.3 Å². The summed E-state index contributed by atoms with van der Waals surface area (Å²) in [6.45, 7) is 0. The average Bonchev–Trinajstić information content (AvgIpc) is 2.53. The molecule has 23 heavy (non-hydrogen) atoms. The molecule has 120 valence electrons. The molecule has 0 fully saturated rings. The van der Waals surface area contributed by atoms with Crippen LogP contribution >= 0.6 is 11.6 Å². The largest absolute Gasteiger partial charge is 0.495 e. The SMILES string of the molecule is COc1ccc(N[C@H](C(=O)NC(N)=O)c2ccccc2)cc1Cl. The predicted octanol–water partition coefficient (Wildman–Crippen LogP) is 2.70. The summed E-state index contributed by atoms with van der Waals surface area (Å²) >= 11 is 6.08. The number of carbonyl (C=O) groups is 2. The minimum atomic E-state index is -0.912. The lowest BCUT2D eigenvalue weighted by molar-refractivity contribution is -0.120. The van der Waals surface area contributed by atoms with Crippen LogP contribution in [0.1, 0.15) is 11.6 Å². The van der Waals surface area contributed by atoms with E-state index in [9.17, 15) is 9.59 Å². The molecule has 1 atom stereocenters. The number of methoxy groups -OCH3 is 1. The molecule has 0 saturated heterocycles. The molecular formula is C16H16ClN3O3. The second-order valence-electron chi connectivity index (χ2n) is 4.69. The van der Waals surface area contributed by atoms with E-state index in [1.807, 2.05) is 6.07 Å². The molecule has 2 aromatic rings. The van der Waals surface area contributed by atoms with E-state index in [1.54, 1.807) is 42.5 Å². The van der Waals surface area contributed by atoms with Gasteiger partial charge >= 0.3 is 6.03 Å². The van der Waals surface area contributed by atoms with Crippen LogP contribution in [0.25, 0.3) is 0 Å². The quantitative estimate of drug-likeness (QED) is 0.784. The molecule has 3 amide bonds.